The first kappa shape index (κ1) is 21.3. The molecule has 1 aliphatic rings. The predicted molar refractivity (Wildman–Crippen MR) is 102 cm³/mol. The van der Waals surface area contributed by atoms with Crippen molar-refractivity contribution in [3.63, 3.8) is 0 Å². The number of aliphatic hydroxyl groups is 1. The van der Waals surface area contributed by atoms with Crippen LogP contribution >= 0.6 is 0 Å². The number of H-pyrrole nitrogens is 1. The lowest BCUT2D eigenvalue weighted by Gasteiger charge is -2.13. The molecule has 1 atom stereocenters. The van der Waals surface area contributed by atoms with E-state index in [1.165, 1.54) is 12.1 Å². The van der Waals surface area contributed by atoms with Gasteiger partial charge in [0.2, 0.25) is 0 Å². The second-order valence-corrected chi connectivity index (χ2v) is 9.35. The van der Waals surface area contributed by atoms with Crippen LogP contribution in [-0.4, -0.2) is 30.4 Å². The molecular weight excluding hydrogens is 407 g/mol. The molecule has 1 saturated carbocycles. The summed E-state index contributed by atoms with van der Waals surface area (Å²) >= 11 is 0. The molecule has 1 fully saturated rings. The Hall–Kier alpha value is -2.39. The van der Waals surface area contributed by atoms with Crippen molar-refractivity contribution in [1.82, 2.24) is 4.98 Å². The number of pyridine rings is 1. The van der Waals surface area contributed by atoms with Gasteiger partial charge in [-0.2, -0.15) is 13.2 Å². The van der Waals surface area contributed by atoms with Gasteiger partial charge in [-0.3, -0.25) is 4.79 Å². The number of aliphatic hydroxyl groups excluding tert-OH is 1. The standard InChI is InChI=1S/C20H20F3NO4S/c1-12(11-25)10-16(18-9-8-17(19(26)24-18)20(21,22)23)13-2-4-14(5-3-13)29(27,28)15-6-7-15/h2-5,8-10,12,15,25H,6-7,11H2,1H3,(H,24,26)/b16-10-/t12-/m1/s1. The zero-order valence-corrected chi connectivity index (χ0v) is 16.3. The molecule has 156 valence electrons. The number of benzene rings is 1. The fourth-order valence-corrected chi connectivity index (χ4v) is 4.58. The lowest BCUT2D eigenvalue weighted by atomic mass is 9.97. The predicted octanol–water partition coefficient (Wildman–Crippen LogP) is 3.39. The summed E-state index contributed by atoms with van der Waals surface area (Å²) in [5.74, 6) is -0.342. The van der Waals surface area contributed by atoms with Crippen LogP contribution in [0, 0.1) is 5.92 Å². The van der Waals surface area contributed by atoms with Gasteiger partial charge in [0, 0.05) is 17.9 Å². The fourth-order valence-electron chi connectivity index (χ4n) is 2.93. The molecule has 9 heteroatoms. The highest BCUT2D eigenvalue weighted by Crippen LogP contribution is 2.34. The van der Waals surface area contributed by atoms with Gasteiger partial charge in [-0.15, -0.1) is 0 Å². The van der Waals surface area contributed by atoms with E-state index in [1.54, 1.807) is 25.1 Å². The van der Waals surface area contributed by atoms with E-state index >= 15 is 0 Å². The number of nitrogens with one attached hydrogen (secondary N) is 1. The van der Waals surface area contributed by atoms with E-state index in [1.807, 2.05) is 0 Å². The summed E-state index contributed by atoms with van der Waals surface area (Å²) in [6.07, 6.45) is -1.89. The summed E-state index contributed by atoms with van der Waals surface area (Å²) in [7, 11) is -3.37. The molecule has 5 nitrogen and oxygen atoms in total. The average molecular weight is 427 g/mol. The number of aromatic amines is 1. The van der Waals surface area contributed by atoms with Crippen molar-refractivity contribution in [2.24, 2.45) is 5.92 Å². The first-order chi connectivity index (χ1) is 13.5. The van der Waals surface area contributed by atoms with Crippen molar-refractivity contribution in [1.29, 1.82) is 0 Å². The molecule has 0 bridgehead atoms. The zero-order chi connectivity index (χ0) is 21.4. The molecule has 0 unspecified atom stereocenters. The Morgan fingerprint density at radius 2 is 1.83 bits per heavy atom. The summed E-state index contributed by atoms with van der Waals surface area (Å²) in [5, 5.41) is 9.00. The molecular formula is C20H20F3NO4S. The minimum atomic E-state index is -4.77. The highest BCUT2D eigenvalue weighted by molar-refractivity contribution is 7.92. The first-order valence-corrected chi connectivity index (χ1v) is 10.6. The summed E-state index contributed by atoms with van der Waals surface area (Å²) in [5.41, 5.74) is -1.53. The number of hydrogen-bond acceptors (Lipinski definition) is 4. The fraction of sp³-hybridized carbons (Fsp3) is 0.350. The smallest absolute Gasteiger partial charge is 0.396 e. The molecule has 0 saturated heterocycles. The maximum absolute atomic E-state index is 12.9. The molecule has 0 amide bonds. The quantitative estimate of drug-likeness (QED) is 0.740. The van der Waals surface area contributed by atoms with Gasteiger partial charge in [-0.1, -0.05) is 25.1 Å². The molecule has 1 heterocycles. The Morgan fingerprint density at radius 3 is 2.31 bits per heavy atom. The molecule has 1 aliphatic carbocycles. The van der Waals surface area contributed by atoms with E-state index in [9.17, 15) is 31.5 Å². The third-order valence-corrected chi connectivity index (χ3v) is 6.98. The molecule has 1 aromatic heterocycles. The maximum Gasteiger partial charge on any atom is 0.421 e. The second kappa shape index (κ2) is 7.79. The van der Waals surface area contributed by atoms with Gasteiger partial charge in [-0.05, 0) is 48.6 Å². The molecule has 3 rings (SSSR count). The third kappa shape index (κ3) is 4.62. The van der Waals surface area contributed by atoms with Crippen LogP contribution in [0.3, 0.4) is 0 Å². The SMILES string of the molecule is C[C@H](/C=C(/c1ccc(S(=O)(=O)C2CC2)cc1)c1ccc(C(F)(F)F)c(=O)[nH]1)CO. The molecule has 1 aromatic carbocycles. The second-order valence-electron chi connectivity index (χ2n) is 7.12. The highest BCUT2D eigenvalue weighted by atomic mass is 32.2. The molecule has 0 spiro atoms. The van der Waals surface area contributed by atoms with Gasteiger partial charge in [0.05, 0.1) is 10.1 Å². The molecule has 0 radical (unpaired) electrons. The number of sulfone groups is 1. The summed E-state index contributed by atoms with van der Waals surface area (Å²) in [6.45, 7) is 1.50. The largest absolute Gasteiger partial charge is 0.421 e. The van der Waals surface area contributed by atoms with E-state index in [0.29, 0.717) is 30.0 Å². The van der Waals surface area contributed by atoms with Crippen LogP contribution in [-0.2, 0) is 16.0 Å². The van der Waals surface area contributed by atoms with Crippen LogP contribution in [0.15, 0.2) is 52.2 Å². The van der Waals surface area contributed by atoms with Gasteiger partial charge >= 0.3 is 6.18 Å². The minimum Gasteiger partial charge on any atom is -0.396 e. The van der Waals surface area contributed by atoms with Gasteiger partial charge in [-0.25, -0.2) is 8.42 Å². The van der Waals surface area contributed by atoms with Crippen LogP contribution in [0.2, 0.25) is 0 Å². The van der Waals surface area contributed by atoms with Gasteiger partial charge in [0.1, 0.15) is 5.56 Å². The van der Waals surface area contributed by atoms with E-state index in [0.717, 1.165) is 6.07 Å². The van der Waals surface area contributed by atoms with Crippen molar-refractivity contribution in [2.45, 2.75) is 36.1 Å². The van der Waals surface area contributed by atoms with Crippen molar-refractivity contribution in [3.8, 4) is 0 Å². The molecule has 29 heavy (non-hydrogen) atoms. The van der Waals surface area contributed by atoms with Gasteiger partial charge in [0.15, 0.2) is 9.84 Å². The van der Waals surface area contributed by atoms with Crippen molar-refractivity contribution in [2.75, 3.05) is 6.61 Å². The Bertz CT molecular complexity index is 1080. The molecule has 0 aliphatic heterocycles. The van der Waals surface area contributed by atoms with Crippen molar-refractivity contribution < 1.29 is 26.7 Å². The Balaban J connectivity index is 2.04. The topological polar surface area (TPSA) is 87.2 Å². The van der Waals surface area contributed by atoms with Gasteiger partial charge < -0.3 is 10.1 Å². The van der Waals surface area contributed by atoms with E-state index in [2.05, 4.69) is 4.98 Å². The van der Waals surface area contributed by atoms with E-state index in [-0.39, 0.29) is 28.4 Å². The Labute approximate surface area is 165 Å². The third-order valence-electron chi connectivity index (χ3n) is 4.70. The van der Waals surface area contributed by atoms with Crippen LogP contribution in [0.5, 0.6) is 0 Å². The number of rotatable bonds is 6. The summed E-state index contributed by atoms with van der Waals surface area (Å²) in [4.78, 5) is 14.3. The molecule has 2 N–H and O–H groups in total. The summed E-state index contributed by atoms with van der Waals surface area (Å²) in [6, 6.07) is 7.83. The number of alkyl halides is 3. The van der Waals surface area contributed by atoms with Crippen molar-refractivity contribution in [3.05, 3.63) is 69.6 Å². The number of hydrogen-bond donors (Lipinski definition) is 2. The Kier molecular flexibility index (Phi) is 5.73. The zero-order valence-electron chi connectivity index (χ0n) is 15.5. The summed E-state index contributed by atoms with van der Waals surface area (Å²) < 4.78 is 63.3. The highest BCUT2D eigenvalue weighted by Gasteiger charge is 2.37. The van der Waals surface area contributed by atoms with Crippen molar-refractivity contribution >= 4 is 15.4 Å². The van der Waals surface area contributed by atoms with Crippen LogP contribution in [0.1, 0.15) is 36.6 Å². The number of halogens is 3. The maximum atomic E-state index is 12.9. The lowest BCUT2D eigenvalue weighted by Crippen LogP contribution is -2.22. The molecule has 2 aromatic rings. The van der Waals surface area contributed by atoms with Crippen LogP contribution < -0.4 is 5.56 Å². The minimum absolute atomic E-state index is 0.140. The van der Waals surface area contributed by atoms with E-state index < -0.39 is 27.1 Å². The van der Waals surface area contributed by atoms with Crippen LogP contribution in [0.25, 0.3) is 5.57 Å². The first-order valence-electron chi connectivity index (χ1n) is 9.02. The van der Waals surface area contributed by atoms with E-state index in [4.69, 9.17) is 0 Å². The van der Waals surface area contributed by atoms with Gasteiger partial charge in [0.25, 0.3) is 5.56 Å². The average Bonchev–Trinajstić information content (AvgIpc) is 3.50. The monoisotopic (exact) mass is 427 g/mol. The lowest BCUT2D eigenvalue weighted by molar-refractivity contribution is -0.138. The van der Waals surface area contributed by atoms with Crippen LogP contribution in [0.4, 0.5) is 13.2 Å². The number of aromatic nitrogens is 1. The Morgan fingerprint density at radius 1 is 1.21 bits per heavy atom. The normalized spacial score (nSPS) is 16.7.